The quantitative estimate of drug-likeness (QED) is 0.651. The van der Waals surface area contributed by atoms with Crippen molar-refractivity contribution in [3.05, 3.63) is 59.7 Å². The molecule has 0 aromatic heterocycles. The van der Waals surface area contributed by atoms with Gasteiger partial charge in [0.05, 0.1) is 17.9 Å². The molecule has 1 saturated carbocycles. The van der Waals surface area contributed by atoms with E-state index in [0.717, 1.165) is 43.2 Å². The van der Waals surface area contributed by atoms with E-state index in [2.05, 4.69) is 29.6 Å². The molecule has 4 aliphatic rings. The topological polar surface area (TPSA) is 95.9 Å². The summed E-state index contributed by atoms with van der Waals surface area (Å²) < 4.78 is 5.73. The minimum atomic E-state index is -0.815. The number of nitrogens with zero attached hydrogens (tertiary/aromatic N) is 1. The van der Waals surface area contributed by atoms with Gasteiger partial charge in [-0.2, -0.15) is 0 Å². The van der Waals surface area contributed by atoms with Crippen LogP contribution in [0, 0.1) is 5.92 Å². The molecule has 7 heteroatoms. The van der Waals surface area contributed by atoms with E-state index in [1.807, 2.05) is 24.3 Å². The number of nitrogens with one attached hydrogen (secondary N) is 1. The van der Waals surface area contributed by atoms with Crippen LogP contribution in [0.3, 0.4) is 0 Å². The molecule has 0 spiro atoms. The molecule has 3 atom stereocenters. The number of benzene rings is 2. The fourth-order valence-corrected chi connectivity index (χ4v) is 6.82. The number of carbonyl (C=O) groups is 3. The SMILES string of the molecule is O=C(NC1(CC(=O)N2[C@H]3CC[C@@H]2[C@H](C(=O)O)C3)CCC1)OCC1c2ccccc2-c2ccccc21. The highest BCUT2D eigenvalue weighted by Crippen LogP contribution is 2.46. The van der Waals surface area contributed by atoms with Gasteiger partial charge in [0, 0.05) is 18.0 Å². The van der Waals surface area contributed by atoms with E-state index in [4.69, 9.17) is 4.74 Å². The Kier molecular flexibility index (Phi) is 5.31. The van der Waals surface area contributed by atoms with Crippen LogP contribution < -0.4 is 5.32 Å². The Morgan fingerprint density at radius 2 is 1.66 bits per heavy atom. The lowest BCUT2D eigenvalue weighted by Crippen LogP contribution is -2.56. The molecule has 2 aromatic carbocycles. The van der Waals surface area contributed by atoms with Crippen LogP contribution in [-0.2, 0) is 14.3 Å². The van der Waals surface area contributed by atoms with Crippen molar-refractivity contribution >= 4 is 18.0 Å². The zero-order chi connectivity index (χ0) is 24.2. The fourth-order valence-electron chi connectivity index (χ4n) is 6.82. The highest BCUT2D eigenvalue weighted by Gasteiger charge is 2.53. The van der Waals surface area contributed by atoms with Gasteiger partial charge in [0.2, 0.25) is 5.91 Å². The van der Waals surface area contributed by atoms with Gasteiger partial charge in [0.1, 0.15) is 6.61 Å². The molecular formula is C28H30N2O5. The van der Waals surface area contributed by atoms with Gasteiger partial charge in [-0.05, 0) is 60.8 Å². The first-order valence-electron chi connectivity index (χ1n) is 12.6. The van der Waals surface area contributed by atoms with E-state index in [9.17, 15) is 19.5 Å². The third-order valence-corrected chi connectivity index (χ3v) is 8.65. The van der Waals surface area contributed by atoms with Gasteiger partial charge in [0.25, 0.3) is 0 Å². The standard InChI is InChI=1S/C28H30N2O5/c31-25(30-17-10-11-24(30)22(14-17)26(32)33)15-28(12-5-13-28)29-27(34)35-16-23-20-8-3-1-6-18(20)19-7-2-4-9-21(19)23/h1-4,6-9,17,22-24H,5,10-16H2,(H,29,34)(H,32,33)/t17-,22+,24+/m0/s1. The van der Waals surface area contributed by atoms with Crippen LogP contribution in [0.2, 0.25) is 0 Å². The third kappa shape index (κ3) is 3.68. The fraction of sp³-hybridized carbons (Fsp3) is 0.464. The summed E-state index contributed by atoms with van der Waals surface area (Å²) in [6, 6.07) is 16.2. The first-order chi connectivity index (χ1) is 17.0. The van der Waals surface area contributed by atoms with Crippen LogP contribution in [0.25, 0.3) is 11.1 Å². The molecule has 2 bridgehead atoms. The molecule has 2 saturated heterocycles. The molecule has 0 unspecified atom stereocenters. The number of ether oxygens (including phenoxy) is 1. The Morgan fingerprint density at radius 1 is 1.00 bits per heavy atom. The molecule has 2 heterocycles. The maximum atomic E-state index is 13.2. The predicted octanol–water partition coefficient (Wildman–Crippen LogP) is 4.30. The van der Waals surface area contributed by atoms with Gasteiger partial charge in [0.15, 0.2) is 0 Å². The molecule has 3 fully saturated rings. The monoisotopic (exact) mass is 474 g/mol. The van der Waals surface area contributed by atoms with E-state index >= 15 is 0 Å². The Balaban J connectivity index is 1.10. The lowest BCUT2D eigenvalue weighted by molar-refractivity contribution is -0.143. The second kappa shape index (κ2) is 8.40. The van der Waals surface area contributed by atoms with Crippen molar-refractivity contribution in [2.45, 2.75) is 68.5 Å². The predicted molar refractivity (Wildman–Crippen MR) is 129 cm³/mol. The summed E-state index contributed by atoms with van der Waals surface area (Å²) in [5, 5.41) is 12.5. The van der Waals surface area contributed by atoms with Crippen molar-refractivity contribution in [2.24, 2.45) is 5.92 Å². The number of carboxylic acid groups (broad SMARTS) is 1. The average Bonchev–Trinajstić information content (AvgIpc) is 3.51. The zero-order valence-electron chi connectivity index (χ0n) is 19.6. The minimum absolute atomic E-state index is 0.0136. The van der Waals surface area contributed by atoms with Gasteiger partial charge < -0.3 is 20.1 Å². The molecule has 2 aliphatic heterocycles. The lowest BCUT2D eigenvalue weighted by atomic mass is 9.74. The third-order valence-electron chi connectivity index (χ3n) is 8.65. The van der Waals surface area contributed by atoms with Gasteiger partial charge >= 0.3 is 12.1 Å². The molecule has 2 amide bonds. The van der Waals surface area contributed by atoms with Crippen molar-refractivity contribution in [3.63, 3.8) is 0 Å². The molecule has 35 heavy (non-hydrogen) atoms. The van der Waals surface area contributed by atoms with E-state index < -0.39 is 23.5 Å². The number of alkyl carbamates (subject to hydrolysis) is 1. The largest absolute Gasteiger partial charge is 0.481 e. The molecule has 0 radical (unpaired) electrons. The van der Waals surface area contributed by atoms with Crippen LogP contribution >= 0.6 is 0 Å². The second-order valence-electron chi connectivity index (χ2n) is 10.5. The van der Waals surface area contributed by atoms with E-state index in [0.29, 0.717) is 6.42 Å². The number of hydrogen-bond donors (Lipinski definition) is 2. The summed E-state index contributed by atoms with van der Waals surface area (Å²) in [4.78, 5) is 39.5. The van der Waals surface area contributed by atoms with Crippen LogP contribution in [0.1, 0.15) is 62.0 Å². The number of hydrogen-bond acceptors (Lipinski definition) is 4. The highest BCUT2D eigenvalue weighted by atomic mass is 16.5. The highest BCUT2D eigenvalue weighted by molar-refractivity contribution is 5.83. The van der Waals surface area contributed by atoms with E-state index in [1.54, 1.807) is 4.90 Å². The smallest absolute Gasteiger partial charge is 0.407 e. The van der Waals surface area contributed by atoms with Crippen molar-refractivity contribution in [1.82, 2.24) is 10.2 Å². The maximum Gasteiger partial charge on any atom is 0.407 e. The Bertz CT molecular complexity index is 1140. The number of rotatable bonds is 6. The second-order valence-corrected chi connectivity index (χ2v) is 10.5. The summed E-state index contributed by atoms with van der Waals surface area (Å²) >= 11 is 0. The molecule has 7 nitrogen and oxygen atoms in total. The molecule has 6 rings (SSSR count). The van der Waals surface area contributed by atoms with Gasteiger partial charge in [-0.25, -0.2) is 4.79 Å². The maximum absolute atomic E-state index is 13.2. The minimum Gasteiger partial charge on any atom is -0.481 e. The Hall–Kier alpha value is -3.35. The molecule has 2 aromatic rings. The van der Waals surface area contributed by atoms with Gasteiger partial charge in [-0.1, -0.05) is 48.5 Å². The number of amides is 2. The number of fused-ring (bicyclic) bond motifs is 5. The van der Waals surface area contributed by atoms with Crippen molar-refractivity contribution in [2.75, 3.05) is 6.61 Å². The number of aliphatic carboxylic acids is 1. The van der Waals surface area contributed by atoms with Crippen LogP contribution in [-0.4, -0.2) is 52.2 Å². The average molecular weight is 475 g/mol. The summed E-state index contributed by atoms with van der Waals surface area (Å²) in [6.45, 7) is 0.237. The van der Waals surface area contributed by atoms with Crippen LogP contribution in [0.5, 0.6) is 0 Å². The van der Waals surface area contributed by atoms with Gasteiger partial charge in [-0.3, -0.25) is 9.59 Å². The van der Waals surface area contributed by atoms with Crippen molar-refractivity contribution in [3.8, 4) is 11.1 Å². The summed E-state index contributed by atoms with van der Waals surface area (Å²) in [6.07, 6.45) is 4.28. The normalized spacial score (nSPS) is 25.5. The van der Waals surface area contributed by atoms with E-state index in [-0.39, 0.29) is 36.9 Å². The summed E-state index contributed by atoms with van der Waals surface area (Å²) in [7, 11) is 0. The Morgan fingerprint density at radius 3 is 2.23 bits per heavy atom. The van der Waals surface area contributed by atoms with Crippen LogP contribution in [0.15, 0.2) is 48.5 Å². The van der Waals surface area contributed by atoms with Crippen molar-refractivity contribution in [1.29, 1.82) is 0 Å². The zero-order valence-corrected chi connectivity index (χ0v) is 19.6. The van der Waals surface area contributed by atoms with Crippen molar-refractivity contribution < 1.29 is 24.2 Å². The first-order valence-corrected chi connectivity index (χ1v) is 12.6. The number of carboxylic acids is 1. The molecule has 2 aliphatic carbocycles. The number of carbonyl (C=O) groups excluding carboxylic acids is 2. The summed E-state index contributed by atoms with van der Waals surface area (Å²) in [5.74, 6) is -1.34. The molecule has 182 valence electrons. The molecule has 2 N–H and O–H groups in total. The first kappa shape index (κ1) is 22.1. The molecular weight excluding hydrogens is 444 g/mol. The van der Waals surface area contributed by atoms with Gasteiger partial charge in [-0.15, -0.1) is 0 Å². The van der Waals surface area contributed by atoms with Crippen LogP contribution in [0.4, 0.5) is 4.79 Å². The Labute approximate surface area is 204 Å². The summed E-state index contributed by atoms with van der Waals surface area (Å²) in [5.41, 5.74) is 4.08. The van der Waals surface area contributed by atoms with E-state index in [1.165, 1.54) is 11.1 Å². The lowest BCUT2D eigenvalue weighted by Gasteiger charge is -2.42.